The fourth-order valence-electron chi connectivity index (χ4n) is 1.82. The topological polar surface area (TPSA) is 3.24 Å². The van der Waals surface area contributed by atoms with Crippen molar-refractivity contribution < 1.29 is 4.39 Å². The molecule has 88 valence electrons. The third-order valence-electron chi connectivity index (χ3n) is 2.97. The van der Waals surface area contributed by atoms with Crippen molar-refractivity contribution in [2.75, 3.05) is 19.6 Å². The molecule has 0 aliphatic carbocycles. The maximum atomic E-state index is 12.6. The van der Waals surface area contributed by atoms with Gasteiger partial charge in [0, 0.05) is 12.1 Å². The van der Waals surface area contributed by atoms with Crippen molar-refractivity contribution in [2.45, 2.75) is 26.7 Å². The minimum absolute atomic E-state index is 0.208. The maximum Gasteiger partial charge on any atom is 0.0969 e. The molecule has 0 aromatic carbocycles. The van der Waals surface area contributed by atoms with Gasteiger partial charge in [0.15, 0.2) is 0 Å². The van der Waals surface area contributed by atoms with E-state index in [0.29, 0.717) is 0 Å². The van der Waals surface area contributed by atoms with Gasteiger partial charge in [-0.1, -0.05) is 12.8 Å². The lowest BCUT2D eigenvalue weighted by Gasteiger charge is -2.30. The third-order valence-corrected chi connectivity index (χ3v) is 2.97. The fraction of sp³-hybridized carbons (Fsp3) is 0.571. The Morgan fingerprint density at radius 1 is 1.44 bits per heavy atom. The standard InChI is InChI=1S/C14H20FN/c1-4-14(6-5-13(3)15)11-16-9-7-12(2)8-10-16/h1,5-6,12H,7-11H2,2-3H3/b13-5+,14-6+. The summed E-state index contributed by atoms with van der Waals surface area (Å²) in [6.45, 7) is 6.67. The highest BCUT2D eigenvalue weighted by molar-refractivity contribution is 5.31. The van der Waals surface area contributed by atoms with Crippen LogP contribution < -0.4 is 0 Å². The quantitative estimate of drug-likeness (QED) is 0.522. The number of rotatable bonds is 3. The van der Waals surface area contributed by atoms with Crippen LogP contribution >= 0.6 is 0 Å². The zero-order valence-corrected chi connectivity index (χ0v) is 10.2. The Kier molecular flexibility index (Phi) is 5.28. The number of allylic oxidation sites excluding steroid dienone is 3. The van der Waals surface area contributed by atoms with Crippen LogP contribution in [0.1, 0.15) is 26.7 Å². The largest absolute Gasteiger partial charge is 0.298 e. The summed E-state index contributed by atoms with van der Waals surface area (Å²) in [4.78, 5) is 2.34. The first-order chi connectivity index (χ1) is 7.61. The van der Waals surface area contributed by atoms with Crippen molar-refractivity contribution in [2.24, 2.45) is 5.92 Å². The predicted octanol–water partition coefficient (Wildman–Crippen LogP) is 3.15. The van der Waals surface area contributed by atoms with Gasteiger partial charge in [0.05, 0.1) is 5.83 Å². The van der Waals surface area contributed by atoms with E-state index in [-0.39, 0.29) is 5.83 Å². The molecule has 0 aromatic heterocycles. The van der Waals surface area contributed by atoms with E-state index >= 15 is 0 Å². The van der Waals surface area contributed by atoms with Crippen molar-refractivity contribution in [1.82, 2.24) is 4.90 Å². The number of likely N-dealkylation sites (tertiary alicyclic amines) is 1. The fourth-order valence-corrected chi connectivity index (χ4v) is 1.82. The molecule has 0 aromatic rings. The molecule has 1 fully saturated rings. The molecule has 0 unspecified atom stereocenters. The third kappa shape index (κ3) is 4.63. The van der Waals surface area contributed by atoms with Crippen LogP contribution in [0.4, 0.5) is 4.39 Å². The van der Waals surface area contributed by atoms with Gasteiger partial charge in [0.25, 0.3) is 0 Å². The molecule has 1 aliphatic rings. The zero-order valence-electron chi connectivity index (χ0n) is 10.2. The Hall–Kier alpha value is -1.07. The highest BCUT2D eigenvalue weighted by Gasteiger charge is 2.15. The first kappa shape index (κ1) is 13.0. The van der Waals surface area contributed by atoms with Gasteiger partial charge in [-0.05, 0) is 50.9 Å². The van der Waals surface area contributed by atoms with Crippen LogP contribution in [0, 0.1) is 18.3 Å². The Labute approximate surface area is 98.0 Å². The Morgan fingerprint density at radius 3 is 2.56 bits per heavy atom. The molecule has 0 amide bonds. The van der Waals surface area contributed by atoms with Gasteiger partial charge in [-0.2, -0.15) is 0 Å². The van der Waals surface area contributed by atoms with Crippen molar-refractivity contribution in [3.05, 3.63) is 23.6 Å². The van der Waals surface area contributed by atoms with E-state index in [4.69, 9.17) is 6.42 Å². The molecule has 0 saturated carbocycles. The van der Waals surface area contributed by atoms with Crippen LogP contribution in [-0.4, -0.2) is 24.5 Å². The molecule has 1 saturated heterocycles. The van der Waals surface area contributed by atoms with Gasteiger partial charge < -0.3 is 0 Å². The number of piperidine rings is 1. The summed E-state index contributed by atoms with van der Waals surface area (Å²) in [6.07, 6.45) is 11.0. The second-order valence-electron chi connectivity index (χ2n) is 4.55. The van der Waals surface area contributed by atoms with Crippen LogP contribution in [0.3, 0.4) is 0 Å². The summed E-state index contributed by atoms with van der Waals surface area (Å²) in [7, 11) is 0. The van der Waals surface area contributed by atoms with Gasteiger partial charge in [-0.15, -0.1) is 6.42 Å². The Morgan fingerprint density at radius 2 is 2.06 bits per heavy atom. The lowest BCUT2D eigenvalue weighted by atomic mass is 9.99. The molecule has 1 aliphatic heterocycles. The SMILES string of the molecule is C#C/C(=C\C=C(/C)F)CN1CCC(C)CC1. The van der Waals surface area contributed by atoms with Crippen molar-refractivity contribution in [1.29, 1.82) is 0 Å². The second-order valence-corrected chi connectivity index (χ2v) is 4.55. The average molecular weight is 221 g/mol. The summed E-state index contributed by atoms with van der Waals surface area (Å²) in [6, 6.07) is 0. The summed E-state index contributed by atoms with van der Waals surface area (Å²) in [5.41, 5.74) is 0.853. The minimum Gasteiger partial charge on any atom is -0.298 e. The van der Waals surface area contributed by atoms with Gasteiger partial charge in [-0.3, -0.25) is 4.90 Å². The molecule has 0 radical (unpaired) electrons. The Balaban J connectivity index is 2.49. The lowest BCUT2D eigenvalue weighted by molar-refractivity contribution is 0.208. The Bertz CT molecular complexity index is 310. The molecule has 0 atom stereocenters. The van der Waals surface area contributed by atoms with Gasteiger partial charge in [0.2, 0.25) is 0 Å². The van der Waals surface area contributed by atoms with Crippen molar-refractivity contribution >= 4 is 0 Å². The van der Waals surface area contributed by atoms with E-state index < -0.39 is 0 Å². The second kappa shape index (κ2) is 6.50. The number of halogens is 1. The maximum absolute atomic E-state index is 12.6. The summed E-state index contributed by atoms with van der Waals surface area (Å²) < 4.78 is 12.6. The number of hydrogen-bond donors (Lipinski definition) is 0. The van der Waals surface area contributed by atoms with E-state index in [1.54, 1.807) is 6.08 Å². The molecular formula is C14H20FN. The number of nitrogens with zero attached hydrogens (tertiary/aromatic N) is 1. The van der Waals surface area contributed by atoms with Crippen molar-refractivity contribution in [3.63, 3.8) is 0 Å². The first-order valence-corrected chi connectivity index (χ1v) is 5.83. The van der Waals surface area contributed by atoms with Crippen LogP contribution in [0.25, 0.3) is 0 Å². The highest BCUT2D eigenvalue weighted by atomic mass is 19.1. The molecule has 1 nitrogen and oxygen atoms in total. The zero-order chi connectivity index (χ0) is 12.0. The number of terminal acetylenes is 1. The molecule has 0 spiro atoms. The molecule has 2 heteroatoms. The lowest BCUT2D eigenvalue weighted by Crippen LogP contribution is -2.34. The summed E-state index contributed by atoms with van der Waals surface area (Å²) in [5.74, 6) is 3.24. The first-order valence-electron chi connectivity index (χ1n) is 5.83. The normalized spacial score (nSPS) is 20.9. The monoisotopic (exact) mass is 221 g/mol. The predicted molar refractivity (Wildman–Crippen MR) is 66.6 cm³/mol. The van der Waals surface area contributed by atoms with Crippen LogP contribution in [0.2, 0.25) is 0 Å². The van der Waals surface area contributed by atoms with Crippen LogP contribution in [0.5, 0.6) is 0 Å². The van der Waals surface area contributed by atoms with Crippen molar-refractivity contribution in [3.8, 4) is 12.3 Å². The van der Waals surface area contributed by atoms with Crippen LogP contribution in [0.15, 0.2) is 23.6 Å². The van der Waals surface area contributed by atoms with Crippen LogP contribution in [-0.2, 0) is 0 Å². The van der Waals surface area contributed by atoms with E-state index in [1.807, 2.05) is 0 Å². The molecule has 1 heterocycles. The smallest absolute Gasteiger partial charge is 0.0969 e. The highest BCUT2D eigenvalue weighted by Crippen LogP contribution is 2.16. The average Bonchev–Trinajstić information content (AvgIpc) is 2.26. The van der Waals surface area contributed by atoms with Gasteiger partial charge >= 0.3 is 0 Å². The van der Waals surface area contributed by atoms with E-state index in [1.165, 1.54) is 25.8 Å². The summed E-state index contributed by atoms with van der Waals surface area (Å²) in [5, 5.41) is 0. The van der Waals surface area contributed by atoms with E-state index in [9.17, 15) is 4.39 Å². The van der Waals surface area contributed by atoms with E-state index in [2.05, 4.69) is 17.7 Å². The molecule has 16 heavy (non-hydrogen) atoms. The van der Waals surface area contributed by atoms with E-state index in [0.717, 1.165) is 31.1 Å². The summed E-state index contributed by atoms with van der Waals surface area (Å²) >= 11 is 0. The molecule has 0 bridgehead atoms. The molecule has 0 N–H and O–H groups in total. The molecule has 1 rings (SSSR count). The number of hydrogen-bond acceptors (Lipinski definition) is 1. The minimum atomic E-state index is -0.208. The van der Waals surface area contributed by atoms with Gasteiger partial charge in [-0.25, -0.2) is 4.39 Å². The van der Waals surface area contributed by atoms with Gasteiger partial charge in [0.1, 0.15) is 0 Å². The molecular weight excluding hydrogens is 201 g/mol.